The first kappa shape index (κ1) is 11.9. The molecule has 92 valence electrons. The summed E-state index contributed by atoms with van der Waals surface area (Å²) in [5.74, 6) is 0.244. The Morgan fingerprint density at radius 3 is 2.50 bits per heavy atom. The molecule has 0 bridgehead atoms. The quantitative estimate of drug-likeness (QED) is 0.690. The highest BCUT2D eigenvalue weighted by Crippen LogP contribution is 2.11. The van der Waals surface area contributed by atoms with Gasteiger partial charge in [0.25, 0.3) is 0 Å². The predicted octanol–water partition coefficient (Wildman–Crippen LogP) is 0.422. The van der Waals surface area contributed by atoms with Crippen LogP contribution in [-0.2, 0) is 4.79 Å². The number of amides is 1. The summed E-state index contributed by atoms with van der Waals surface area (Å²) in [6.07, 6.45) is 5.60. The summed E-state index contributed by atoms with van der Waals surface area (Å²) in [6.45, 7) is 5.41. The van der Waals surface area contributed by atoms with Crippen molar-refractivity contribution in [3.8, 4) is 0 Å². The third kappa shape index (κ3) is 3.19. The van der Waals surface area contributed by atoms with Gasteiger partial charge in [0.1, 0.15) is 0 Å². The molecular formula is C12H23N3O. The molecule has 0 radical (unpaired) electrons. The minimum atomic E-state index is 0.0751. The second kappa shape index (κ2) is 5.64. The van der Waals surface area contributed by atoms with Gasteiger partial charge < -0.3 is 15.5 Å². The third-order valence-electron chi connectivity index (χ3n) is 3.60. The van der Waals surface area contributed by atoms with Crippen LogP contribution in [0.3, 0.4) is 0 Å². The van der Waals surface area contributed by atoms with E-state index in [1.807, 2.05) is 4.90 Å². The van der Waals surface area contributed by atoms with Gasteiger partial charge >= 0.3 is 0 Å². The van der Waals surface area contributed by atoms with Crippen LogP contribution in [0.5, 0.6) is 0 Å². The topological polar surface area (TPSA) is 49.6 Å². The zero-order valence-electron chi connectivity index (χ0n) is 10.0. The lowest BCUT2D eigenvalue weighted by Gasteiger charge is -2.18. The molecule has 1 atom stereocenters. The van der Waals surface area contributed by atoms with Crippen LogP contribution in [0.25, 0.3) is 0 Å². The van der Waals surface area contributed by atoms with Crippen molar-refractivity contribution in [1.82, 2.24) is 9.80 Å². The highest BCUT2D eigenvalue weighted by Gasteiger charge is 2.25. The Kier molecular flexibility index (Phi) is 4.18. The highest BCUT2D eigenvalue weighted by atomic mass is 16.2. The van der Waals surface area contributed by atoms with E-state index in [9.17, 15) is 4.79 Å². The van der Waals surface area contributed by atoms with Crippen LogP contribution >= 0.6 is 0 Å². The van der Waals surface area contributed by atoms with Crippen molar-refractivity contribution in [3.05, 3.63) is 0 Å². The molecule has 2 saturated heterocycles. The molecule has 2 aliphatic rings. The van der Waals surface area contributed by atoms with Crippen molar-refractivity contribution >= 4 is 5.91 Å². The predicted molar refractivity (Wildman–Crippen MR) is 64.1 cm³/mol. The standard InChI is InChI=1S/C12H23N3O/c13-11-9-12(16)15(10-11)8-4-3-7-14-5-1-2-6-14/h11H,1-10,13H2. The smallest absolute Gasteiger partial charge is 0.224 e. The molecule has 0 spiro atoms. The first-order chi connectivity index (χ1) is 7.75. The minimum absolute atomic E-state index is 0.0751. The van der Waals surface area contributed by atoms with Crippen molar-refractivity contribution in [1.29, 1.82) is 0 Å². The molecule has 2 rings (SSSR count). The largest absolute Gasteiger partial charge is 0.341 e. The van der Waals surface area contributed by atoms with E-state index in [1.54, 1.807) is 0 Å². The van der Waals surface area contributed by atoms with Crippen LogP contribution in [-0.4, -0.2) is 54.5 Å². The van der Waals surface area contributed by atoms with Crippen LogP contribution in [0.2, 0.25) is 0 Å². The Hall–Kier alpha value is -0.610. The maximum Gasteiger partial charge on any atom is 0.224 e. The van der Waals surface area contributed by atoms with Gasteiger partial charge in [0.15, 0.2) is 0 Å². The van der Waals surface area contributed by atoms with Crippen LogP contribution in [0.15, 0.2) is 0 Å². The van der Waals surface area contributed by atoms with Crippen LogP contribution < -0.4 is 5.73 Å². The van der Waals surface area contributed by atoms with E-state index < -0.39 is 0 Å². The van der Waals surface area contributed by atoms with Crippen molar-refractivity contribution in [2.45, 2.75) is 38.1 Å². The lowest BCUT2D eigenvalue weighted by Crippen LogP contribution is -2.29. The molecule has 0 aliphatic carbocycles. The van der Waals surface area contributed by atoms with E-state index in [0.717, 1.165) is 19.5 Å². The molecule has 1 unspecified atom stereocenters. The molecule has 0 aromatic heterocycles. The number of carbonyl (C=O) groups excluding carboxylic acids is 1. The van der Waals surface area contributed by atoms with E-state index in [-0.39, 0.29) is 11.9 Å². The Bertz CT molecular complexity index is 238. The normalized spacial score (nSPS) is 26.9. The van der Waals surface area contributed by atoms with E-state index in [1.165, 1.54) is 38.9 Å². The van der Waals surface area contributed by atoms with Crippen molar-refractivity contribution < 1.29 is 4.79 Å². The first-order valence-electron chi connectivity index (χ1n) is 6.51. The molecule has 2 aliphatic heterocycles. The molecule has 2 heterocycles. The molecule has 0 aromatic carbocycles. The molecule has 0 aromatic rings. The number of likely N-dealkylation sites (tertiary alicyclic amines) is 2. The lowest BCUT2D eigenvalue weighted by atomic mass is 10.3. The average molecular weight is 225 g/mol. The van der Waals surface area contributed by atoms with Crippen molar-refractivity contribution in [3.63, 3.8) is 0 Å². The Morgan fingerprint density at radius 2 is 1.88 bits per heavy atom. The zero-order chi connectivity index (χ0) is 11.4. The van der Waals surface area contributed by atoms with E-state index in [4.69, 9.17) is 5.73 Å². The fourth-order valence-corrected chi connectivity index (χ4v) is 2.66. The van der Waals surface area contributed by atoms with Gasteiger partial charge in [-0.25, -0.2) is 0 Å². The van der Waals surface area contributed by atoms with Gasteiger partial charge in [-0.05, 0) is 45.3 Å². The zero-order valence-corrected chi connectivity index (χ0v) is 10.0. The Morgan fingerprint density at radius 1 is 1.19 bits per heavy atom. The number of carbonyl (C=O) groups is 1. The maximum absolute atomic E-state index is 11.5. The van der Waals surface area contributed by atoms with Crippen molar-refractivity contribution in [2.24, 2.45) is 5.73 Å². The summed E-state index contributed by atoms with van der Waals surface area (Å²) < 4.78 is 0. The van der Waals surface area contributed by atoms with Crippen LogP contribution in [0.1, 0.15) is 32.1 Å². The van der Waals surface area contributed by atoms with E-state index in [0.29, 0.717) is 6.42 Å². The van der Waals surface area contributed by atoms with Crippen LogP contribution in [0.4, 0.5) is 0 Å². The third-order valence-corrected chi connectivity index (χ3v) is 3.60. The number of hydrogen-bond donors (Lipinski definition) is 1. The number of unbranched alkanes of at least 4 members (excludes halogenated alkanes) is 1. The molecule has 4 nitrogen and oxygen atoms in total. The lowest BCUT2D eigenvalue weighted by molar-refractivity contribution is -0.127. The van der Waals surface area contributed by atoms with Gasteiger partial charge in [-0.15, -0.1) is 0 Å². The van der Waals surface area contributed by atoms with Crippen LogP contribution in [0, 0.1) is 0 Å². The first-order valence-corrected chi connectivity index (χ1v) is 6.51. The second-order valence-corrected chi connectivity index (χ2v) is 5.06. The number of nitrogens with zero attached hydrogens (tertiary/aromatic N) is 2. The fourth-order valence-electron chi connectivity index (χ4n) is 2.66. The Labute approximate surface area is 97.8 Å². The molecule has 2 fully saturated rings. The SMILES string of the molecule is NC1CC(=O)N(CCCCN2CCCC2)C1. The van der Waals surface area contributed by atoms with E-state index in [2.05, 4.69) is 4.90 Å². The average Bonchev–Trinajstić information content (AvgIpc) is 2.84. The summed E-state index contributed by atoms with van der Waals surface area (Å²) in [4.78, 5) is 15.9. The maximum atomic E-state index is 11.5. The summed E-state index contributed by atoms with van der Waals surface area (Å²) in [5.41, 5.74) is 5.75. The molecule has 0 saturated carbocycles. The number of rotatable bonds is 5. The minimum Gasteiger partial charge on any atom is -0.341 e. The fraction of sp³-hybridized carbons (Fsp3) is 0.917. The number of hydrogen-bond acceptors (Lipinski definition) is 3. The summed E-state index contributed by atoms with van der Waals surface area (Å²) in [6, 6.07) is 0.0751. The molecular weight excluding hydrogens is 202 g/mol. The molecule has 16 heavy (non-hydrogen) atoms. The van der Waals surface area contributed by atoms with Gasteiger partial charge in [-0.2, -0.15) is 0 Å². The molecule has 4 heteroatoms. The van der Waals surface area contributed by atoms with E-state index >= 15 is 0 Å². The van der Waals surface area contributed by atoms with Gasteiger partial charge in [0.2, 0.25) is 5.91 Å². The molecule has 2 N–H and O–H groups in total. The van der Waals surface area contributed by atoms with Gasteiger partial charge in [-0.3, -0.25) is 4.79 Å². The molecule has 1 amide bonds. The van der Waals surface area contributed by atoms with Gasteiger partial charge in [-0.1, -0.05) is 0 Å². The van der Waals surface area contributed by atoms with Crippen molar-refractivity contribution in [2.75, 3.05) is 32.7 Å². The Balaban J connectivity index is 1.55. The summed E-state index contributed by atoms with van der Waals surface area (Å²) >= 11 is 0. The summed E-state index contributed by atoms with van der Waals surface area (Å²) in [7, 11) is 0. The van der Waals surface area contributed by atoms with Gasteiger partial charge in [0.05, 0.1) is 0 Å². The highest BCUT2D eigenvalue weighted by molar-refractivity contribution is 5.79. The monoisotopic (exact) mass is 225 g/mol. The number of nitrogens with two attached hydrogens (primary N) is 1. The van der Waals surface area contributed by atoms with Gasteiger partial charge in [0, 0.05) is 25.6 Å². The second-order valence-electron chi connectivity index (χ2n) is 5.06. The summed E-state index contributed by atoms with van der Waals surface area (Å²) in [5, 5.41) is 0.